The molecule has 0 aliphatic carbocycles. The number of nitrogens with one attached hydrogen (secondary N) is 2. The molecule has 0 saturated carbocycles. The lowest BCUT2D eigenvalue weighted by molar-refractivity contribution is -0.122. The van der Waals surface area contributed by atoms with E-state index in [1.54, 1.807) is 16.2 Å². The Morgan fingerprint density at radius 2 is 1.68 bits per heavy atom. The monoisotopic (exact) mass is 472 g/mol. The molecule has 1 aliphatic heterocycles. The van der Waals surface area contributed by atoms with Gasteiger partial charge in [-0.05, 0) is 69.3 Å². The number of aryl methyl sites for hydroxylation is 3. The number of aromatic nitrogens is 3. The Morgan fingerprint density at radius 1 is 0.971 bits per heavy atom. The summed E-state index contributed by atoms with van der Waals surface area (Å²) in [6.07, 6.45) is 0.184. The third-order valence-corrected chi connectivity index (χ3v) is 6.63. The van der Waals surface area contributed by atoms with Crippen molar-refractivity contribution in [2.75, 3.05) is 22.1 Å². The third-order valence-electron chi connectivity index (χ3n) is 5.68. The molecule has 1 unspecified atom stereocenters. The summed E-state index contributed by atoms with van der Waals surface area (Å²) in [4.78, 5) is 40.5. The number of fused-ring (bicyclic) bond motifs is 1. The van der Waals surface area contributed by atoms with Gasteiger partial charge < -0.3 is 15.5 Å². The van der Waals surface area contributed by atoms with Crippen molar-refractivity contribution in [2.45, 2.75) is 27.2 Å². The lowest BCUT2D eigenvalue weighted by Crippen LogP contribution is -2.28. The van der Waals surface area contributed by atoms with Gasteiger partial charge in [-0.15, -0.1) is 11.3 Å². The van der Waals surface area contributed by atoms with Crippen molar-refractivity contribution >= 4 is 56.4 Å². The van der Waals surface area contributed by atoms with Gasteiger partial charge in [0.15, 0.2) is 0 Å². The van der Waals surface area contributed by atoms with Crippen molar-refractivity contribution < 1.29 is 9.59 Å². The second-order valence-corrected chi connectivity index (χ2v) is 9.69. The second-order valence-electron chi connectivity index (χ2n) is 8.46. The van der Waals surface area contributed by atoms with Gasteiger partial charge in [0.1, 0.15) is 0 Å². The van der Waals surface area contributed by atoms with E-state index >= 15 is 0 Å². The van der Waals surface area contributed by atoms with E-state index in [1.807, 2.05) is 69.3 Å². The fourth-order valence-electron chi connectivity index (χ4n) is 4.12. The van der Waals surface area contributed by atoms with Crippen LogP contribution in [-0.4, -0.2) is 33.3 Å². The van der Waals surface area contributed by atoms with E-state index in [9.17, 15) is 9.59 Å². The Balaban J connectivity index is 1.23. The molecule has 172 valence electrons. The van der Waals surface area contributed by atoms with E-state index in [0.717, 1.165) is 38.0 Å². The van der Waals surface area contributed by atoms with Crippen molar-refractivity contribution in [3.63, 3.8) is 0 Å². The zero-order chi connectivity index (χ0) is 23.8. The first kappa shape index (κ1) is 22.0. The third kappa shape index (κ3) is 4.60. The van der Waals surface area contributed by atoms with Crippen LogP contribution in [0, 0.1) is 26.7 Å². The summed E-state index contributed by atoms with van der Waals surface area (Å²) >= 11 is 1.62. The molecule has 1 saturated heterocycles. The molecule has 1 atom stereocenters. The topological polar surface area (TPSA) is 100 Å². The van der Waals surface area contributed by atoms with Crippen LogP contribution in [0.4, 0.5) is 23.0 Å². The van der Waals surface area contributed by atoms with Gasteiger partial charge in [-0.1, -0.05) is 0 Å². The predicted octanol–water partition coefficient (Wildman–Crippen LogP) is 4.75. The molecule has 0 spiro atoms. The summed E-state index contributed by atoms with van der Waals surface area (Å²) in [5.74, 6) is -0.106. The summed E-state index contributed by atoms with van der Waals surface area (Å²) in [5.41, 5.74) is 4.92. The molecule has 8 nitrogen and oxygen atoms in total. The quantitative estimate of drug-likeness (QED) is 0.435. The predicted molar refractivity (Wildman–Crippen MR) is 135 cm³/mol. The zero-order valence-corrected chi connectivity index (χ0v) is 19.9. The molecule has 2 aromatic carbocycles. The van der Waals surface area contributed by atoms with Gasteiger partial charge >= 0.3 is 0 Å². The fraction of sp³-hybridized carbons (Fsp3) is 0.240. The van der Waals surface area contributed by atoms with Crippen molar-refractivity contribution in [3.8, 4) is 0 Å². The first-order chi connectivity index (χ1) is 16.3. The molecule has 5 rings (SSSR count). The Kier molecular flexibility index (Phi) is 5.70. The molecule has 9 heteroatoms. The molecule has 34 heavy (non-hydrogen) atoms. The number of anilines is 4. The Labute approximate surface area is 201 Å². The van der Waals surface area contributed by atoms with Gasteiger partial charge in [-0.3, -0.25) is 9.59 Å². The lowest BCUT2D eigenvalue weighted by atomic mass is 10.1. The second kappa shape index (κ2) is 8.83. The molecular formula is C25H24N6O2S. The molecule has 0 bridgehead atoms. The van der Waals surface area contributed by atoms with Gasteiger partial charge in [0.05, 0.1) is 21.1 Å². The van der Waals surface area contributed by atoms with Crippen LogP contribution < -0.4 is 15.5 Å². The molecule has 1 fully saturated rings. The Bertz CT molecular complexity index is 1380. The van der Waals surface area contributed by atoms with Crippen LogP contribution in [0.15, 0.2) is 48.5 Å². The number of hydrogen-bond donors (Lipinski definition) is 2. The summed E-state index contributed by atoms with van der Waals surface area (Å²) < 4.78 is 1.09. The van der Waals surface area contributed by atoms with E-state index in [4.69, 9.17) is 0 Å². The van der Waals surface area contributed by atoms with Crippen LogP contribution in [0.2, 0.25) is 0 Å². The molecule has 4 aromatic rings. The minimum Gasteiger partial charge on any atom is -0.326 e. The lowest BCUT2D eigenvalue weighted by Gasteiger charge is -2.17. The number of nitrogens with zero attached hydrogens (tertiary/aromatic N) is 4. The van der Waals surface area contributed by atoms with Crippen molar-refractivity contribution in [1.82, 2.24) is 15.0 Å². The van der Waals surface area contributed by atoms with E-state index in [0.29, 0.717) is 18.2 Å². The summed E-state index contributed by atoms with van der Waals surface area (Å²) in [6, 6.07) is 15.1. The highest BCUT2D eigenvalue weighted by Crippen LogP contribution is 2.30. The fourth-order valence-corrected chi connectivity index (χ4v) is 4.93. The largest absolute Gasteiger partial charge is 0.326 e. The van der Waals surface area contributed by atoms with Crippen LogP contribution in [0.1, 0.15) is 22.8 Å². The molecular weight excluding hydrogens is 448 g/mol. The van der Waals surface area contributed by atoms with Gasteiger partial charge in [-0.25, -0.2) is 15.0 Å². The van der Waals surface area contributed by atoms with Gasteiger partial charge in [-0.2, -0.15) is 0 Å². The Hall–Kier alpha value is -3.85. The van der Waals surface area contributed by atoms with Crippen LogP contribution in [-0.2, 0) is 9.59 Å². The minimum absolute atomic E-state index is 0.0561. The van der Waals surface area contributed by atoms with E-state index < -0.39 is 5.92 Å². The van der Waals surface area contributed by atoms with Crippen LogP contribution in [0.3, 0.4) is 0 Å². The maximum Gasteiger partial charge on any atom is 0.229 e. The molecule has 2 N–H and O–H groups in total. The minimum atomic E-state index is -0.415. The molecule has 0 radical (unpaired) electrons. The van der Waals surface area contributed by atoms with E-state index in [2.05, 4.69) is 25.6 Å². The number of amides is 2. The molecule has 2 aromatic heterocycles. The number of thiazole rings is 1. The molecule has 3 heterocycles. The average Bonchev–Trinajstić information content (AvgIpc) is 3.35. The number of carbonyl (C=O) groups excluding carboxylic acids is 2. The average molecular weight is 473 g/mol. The number of benzene rings is 2. The number of carbonyl (C=O) groups is 2. The summed E-state index contributed by atoms with van der Waals surface area (Å²) in [6.45, 7) is 6.16. The maximum atomic E-state index is 12.9. The highest BCUT2D eigenvalue weighted by molar-refractivity contribution is 7.18. The highest BCUT2D eigenvalue weighted by atomic mass is 32.1. The smallest absolute Gasteiger partial charge is 0.229 e. The molecule has 1 aliphatic rings. The van der Waals surface area contributed by atoms with Crippen molar-refractivity contribution in [2.24, 2.45) is 5.92 Å². The van der Waals surface area contributed by atoms with E-state index in [1.165, 1.54) is 0 Å². The van der Waals surface area contributed by atoms with Crippen LogP contribution in [0.5, 0.6) is 0 Å². The first-order valence-corrected chi connectivity index (χ1v) is 11.8. The zero-order valence-electron chi connectivity index (χ0n) is 19.1. The maximum absolute atomic E-state index is 12.9. The van der Waals surface area contributed by atoms with Crippen LogP contribution >= 0.6 is 11.3 Å². The Morgan fingerprint density at radius 3 is 2.41 bits per heavy atom. The van der Waals surface area contributed by atoms with Crippen molar-refractivity contribution in [1.29, 1.82) is 0 Å². The SMILES string of the molecule is Cc1cc(C)nc(Nc2ccc(NC(=O)C3CC(=O)N(c4ccc5sc(C)nc5c4)C3)cc2)n1. The number of rotatable bonds is 5. The number of hydrogen-bond acceptors (Lipinski definition) is 7. The molecule has 2 amide bonds. The van der Waals surface area contributed by atoms with Gasteiger partial charge in [0.2, 0.25) is 17.8 Å². The summed E-state index contributed by atoms with van der Waals surface area (Å²) in [7, 11) is 0. The highest BCUT2D eigenvalue weighted by Gasteiger charge is 2.35. The van der Waals surface area contributed by atoms with E-state index in [-0.39, 0.29) is 18.2 Å². The first-order valence-electron chi connectivity index (χ1n) is 11.0. The normalized spacial score (nSPS) is 15.7. The van der Waals surface area contributed by atoms with Crippen molar-refractivity contribution in [3.05, 3.63) is 64.9 Å². The summed E-state index contributed by atoms with van der Waals surface area (Å²) in [5, 5.41) is 7.09. The standard InChI is InChI=1S/C25H24N6O2S/c1-14-10-15(2)27-25(26-14)30-19-6-4-18(5-7-19)29-24(33)17-11-23(32)31(13-17)20-8-9-22-21(12-20)28-16(3)34-22/h4-10,12,17H,11,13H2,1-3H3,(H,29,33)(H,26,27,30). The van der Waals surface area contributed by atoms with Crippen LogP contribution in [0.25, 0.3) is 10.2 Å². The van der Waals surface area contributed by atoms with Gasteiger partial charge in [0.25, 0.3) is 0 Å². The van der Waals surface area contributed by atoms with Gasteiger partial charge in [0, 0.05) is 41.4 Å².